The maximum absolute atomic E-state index is 12.9. The Labute approximate surface area is 222 Å². The standard InChI is InChI=1S/C26H21Cl2N3O4S/c27-20-8-6-17(14-21(20)28)22-9-7-19(35-22)15-23-25(33)31(26(34)36-23)16-24(32)30-12-10-29(11-13-30)18-4-2-1-3-5-18/h1-9,14-15H,10-13,16H2/b23-15+. The second kappa shape index (κ2) is 10.4. The summed E-state index contributed by atoms with van der Waals surface area (Å²) in [7, 11) is 0. The summed E-state index contributed by atoms with van der Waals surface area (Å²) in [5, 5.41) is 0.367. The van der Waals surface area contributed by atoms with E-state index in [9.17, 15) is 14.4 Å². The summed E-state index contributed by atoms with van der Waals surface area (Å²) in [6.45, 7) is 2.17. The van der Waals surface area contributed by atoms with Crippen molar-refractivity contribution in [2.75, 3.05) is 37.6 Å². The third kappa shape index (κ3) is 5.16. The van der Waals surface area contributed by atoms with Crippen LogP contribution in [0, 0.1) is 0 Å². The summed E-state index contributed by atoms with van der Waals surface area (Å²) in [5.74, 6) is 0.203. The van der Waals surface area contributed by atoms with Gasteiger partial charge in [-0.3, -0.25) is 19.3 Å². The van der Waals surface area contributed by atoms with E-state index >= 15 is 0 Å². The predicted octanol–water partition coefficient (Wildman–Crippen LogP) is 5.64. The van der Waals surface area contributed by atoms with Crippen molar-refractivity contribution < 1.29 is 18.8 Å². The number of anilines is 1. The number of amides is 3. The minimum absolute atomic E-state index is 0.205. The van der Waals surface area contributed by atoms with Crippen LogP contribution in [0.3, 0.4) is 0 Å². The van der Waals surface area contributed by atoms with Gasteiger partial charge in [0.15, 0.2) is 0 Å². The quantitative estimate of drug-likeness (QED) is 0.389. The lowest BCUT2D eigenvalue weighted by molar-refractivity contribution is -0.136. The van der Waals surface area contributed by atoms with Crippen LogP contribution in [0.5, 0.6) is 0 Å². The summed E-state index contributed by atoms with van der Waals surface area (Å²) in [4.78, 5) is 43.4. The Morgan fingerprint density at radius 2 is 1.69 bits per heavy atom. The second-order valence-electron chi connectivity index (χ2n) is 8.30. The maximum atomic E-state index is 12.9. The zero-order chi connectivity index (χ0) is 25.2. The number of hydrogen-bond donors (Lipinski definition) is 0. The van der Waals surface area contributed by atoms with Gasteiger partial charge in [0.2, 0.25) is 5.91 Å². The average molecular weight is 542 g/mol. The van der Waals surface area contributed by atoms with Crippen LogP contribution < -0.4 is 4.90 Å². The molecule has 0 atom stereocenters. The van der Waals surface area contributed by atoms with Crippen LogP contribution in [-0.4, -0.2) is 59.6 Å². The zero-order valence-corrected chi connectivity index (χ0v) is 21.4. The van der Waals surface area contributed by atoms with Crippen molar-refractivity contribution in [3.63, 3.8) is 0 Å². The molecule has 2 saturated heterocycles. The van der Waals surface area contributed by atoms with Crippen molar-refractivity contribution in [3.05, 3.63) is 81.4 Å². The van der Waals surface area contributed by atoms with Crippen LogP contribution >= 0.6 is 35.0 Å². The largest absolute Gasteiger partial charge is 0.457 e. The first-order valence-electron chi connectivity index (χ1n) is 11.3. The molecule has 2 aliphatic heterocycles. The lowest BCUT2D eigenvalue weighted by Gasteiger charge is -2.36. The summed E-state index contributed by atoms with van der Waals surface area (Å²) in [5.41, 5.74) is 1.84. The van der Waals surface area contributed by atoms with Crippen molar-refractivity contribution in [2.45, 2.75) is 0 Å². The number of carbonyl (C=O) groups is 3. The highest BCUT2D eigenvalue weighted by molar-refractivity contribution is 8.18. The molecule has 3 aromatic rings. The van der Waals surface area contributed by atoms with Crippen LogP contribution in [0.25, 0.3) is 17.4 Å². The molecule has 36 heavy (non-hydrogen) atoms. The van der Waals surface area contributed by atoms with Gasteiger partial charge in [-0.15, -0.1) is 0 Å². The number of halogens is 2. The van der Waals surface area contributed by atoms with Gasteiger partial charge in [-0.1, -0.05) is 41.4 Å². The van der Waals surface area contributed by atoms with Crippen LogP contribution in [0.15, 0.2) is 70.0 Å². The molecule has 3 heterocycles. The number of thioether (sulfide) groups is 1. The Hall–Kier alpha value is -3.20. The van der Waals surface area contributed by atoms with Gasteiger partial charge in [0.05, 0.1) is 15.0 Å². The van der Waals surface area contributed by atoms with Crippen LogP contribution in [-0.2, 0) is 9.59 Å². The van der Waals surface area contributed by atoms with Gasteiger partial charge >= 0.3 is 0 Å². The molecular formula is C26H21Cl2N3O4S. The fourth-order valence-corrected chi connectivity index (χ4v) is 5.21. The van der Waals surface area contributed by atoms with E-state index in [0.717, 1.165) is 27.9 Å². The topological polar surface area (TPSA) is 74.1 Å². The predicted molar refractivity (Wildman–Crippen MR) is 142 cm³/mol. The number of para-hydroxylation sites is 1. The number of carbonyl (C=O) groups excluding carboxylic acids is 3. The molecule has 10 heteroatoms. The Bertz CT molecular complexity index is 1350. The number of piperazine rings is 1. The molecule has 0 N–H and O–H groups in total. The van der Waals surface area contributed by atoms with Gasteiger partial charge < -0.3 is 14.2 Å². The number of rotatable bonds is 5. The van der Waals surface area contributed by atoms with E-state index in [1.54, 1.807) is 35.2 Å². The van der Waals surface area contributed by atoms with Crippen molar-refractivity contribution in [2.24, 2.45) is 0 Å². The SMILES string of the molecule is O=C(CN1C(=O)S/C(=C/c2ccc(-c3ccc(Cl)c(Cl)c3)o2)C1=O)N1CCN(c2ccccc2)CC1. The number of imide groups is 1. The molecule has 7 nitrogen and oxygen atoms in total. The van der Waals surface area contributed by atoms with E-state index in [-0.39, 0.29) is 17.4 Å². The monoisotopic (exact) mass is 541 g/mol. The van der Waals surface area contributed by atoms with E-state index in [4.69, 9.17) is 27.6 Å². The molecule has 2 aliphatic rings. The Morgan fingerprint density at radius 1 is 0.944 bits per heavy atom. The van der Waals surface area contributed by atoms with E-state index < -0.39 is 11.1 Å². The number of hydrogen-bond acceptors (Lipinski definition) is 6. The van der Waals surface area contributed by atoms with Crippen molar-refractivity contribution in [3.8, 4) is 11.3 Å². The lowest BCUT2D eigenvalue weighted by atomic mass is 10.2. The Morgan fingerprint density at radius 3 is 2.42 bits per heavy atom. The third-order valence-corrected chi connectivity index (χ3v) is 7.67. The molecule has 2 fully saturated rings. The first-order chi connectivity index (χ1) is 17.4. The van der Waals surface area contributed by atoms with Crippen LogP contribution in [0.2, 0.25) is 10.0 Å². The molecule has 0 saturated carbocycles. The number of nitrogens with zero attached hydrogens (tertiary/aromatic N) is 3. The van der Waals surface area contributed by atoms with Gasteiger partial charge in [-0.05, 0) is 54.2 Å². The molecule has 0 aliphatic carbocycles. The fraction of sp³-hybridized carbons (Fsp3) is 0.192. The first-order valence-corrected chi connectivity index (χ1v) is 12.8. The summed E-state index contributed by atoms with van der Waals surface area (Å²) < 4.78 is 5.81. The Kier molecular flexibility index (Phi) is 7.09. The fourth-order valence-electron chi connectivity index (χ4n) is 4.09. The molecule has 5 rings (SSSR count). The molecule has 184 valence electrons. The highest BCUT2D eigenvalue weighted by Crippen LogP contribution is 2.34. The number of benzene rings is 2. The van der Waals surface area contributed by atoms with Gasteiger partial charge in [-0.2, -0.15) is 0 Å². The molecule has 3 amide bonds. The molecule has 0 unspecified atom stereocenters. The minimum Gasteiger partial charge on any atom is -0.457 e. The van der Waals surface area contributed by atoms with Gasteiger partial charge in [0.25, 0.3) is 11.1 Å². The maximum Gasteiger partial charge on any atom is 0.294 e. The summed E-state index contributed by atoms with van der Waals surface area (Å²) >= 11 is 12.8. The minimum atomic E-state index is -0.506. The van der Waals surface area contributed by atoms with E-state index in [0.29, 0.717) is 47.7 Å². The van der Waals surface area contributed by atoms with Gasteiger partial charge in [0, 0.05) is 43.5 Å². The molecule has 0 spiro atoms. The average Bonchev–Trinajstić information content (AvgIpc) is 3.46. The van der Waals surface area contributed by atoms with E-state index in [1.807, 2.05) is 30.3 Å². The van der Waals surface area contributed by atoms with Crippen molar-refractivity contribution in [1.82, 2.24) is 9.80 Å². The zero-order valence-electron chi connectivity index (χ0n) is 19.0. The van der Waals surface area contributed by atoms with Crippen molar-refractivity contribution >= 4 is 63.8 Å². The summed E-state index contributed by atoms with van der Waals surface area (Å²) in [6, 6.07) is 18.6. The first kappa shape index (κ1) is 24.5. The van der Waals surface area contributed by atoms with Gasteiger partial charge in [0.1, 0.15) is 18.1 Å². The highest BCUT2D eigenvalue weighted by atomic mass is 35.5. The van der Waals surface area contributed by atoms with Crippen LogP contribution in [0.1, 0.15) is 5.76 Å². The molecule has 1 aromatic heterocycles. The van der Waals surface area contributed by atoms with E-state index in [2.05, 4.69) is 4.90 Å². The second-order valence-corrected chi connectivity index (χ2v) is 10.1. The van der Waals surface area contributed by atoms with Crippen LogP contribution in [0.4, 0.5) is 10.5 Å². The number of furan rings is 1. The smallest absolute Gasteiger partial charge is 0.294 e. The van der Waals surface area contributed by atoms with Crippen molar-refractivity contribution in [1.29, 1.82) is 0 Å². The third-order valence-electron chi connectivity index (χ3n) is 6.02. The Balaban J connectivity index is 1.21. The highest BCUT2D eigenvalue weighted by Gasteiger charge is 2.37. The summed E-state index contributed by atoms with van der Waals surface area (Å²) in [6.07, 6.45) is 1.51. The van der Waals surface area contributed by atoms with Gasteiger partial charge in [-0.25, -0.2) is 0 Å². The normalized spacial score (nSPS) is 17.4. The molecule has 0 radical (unpaired) electrons. The molecule has 0 bridgehead atoms. The lowest BCUT2D eigenvalue weighted by Crippen LogP contribution is -2.51. The van der Waals surface area contributed by atoms with E-state index in [1.165, 1.54) is 6.08 Å². The molecular weight excluding hydrogens is 521 g/mol. The molecule has 2 aromatic carbocycles.